The molecule has 1 aliphatic carbocycles. The molecule has 1 N–H and O–H groups in total. The Bertz CT molecular complexity index is 1140. The fourth-order valence-electron chi connectivity index (χ4n) is 4.42. The van der Waals surface area contributed by atoms with Crippen LogP contribution in [-0.4, -0.2) is 18.9 Å². The van der Waals surface area contributed by atoms with Crippen LogP contribution in [-0.2, 0) is 14.3 Å². The Kier molecular flexibility index (Phi) is 6.16. The molecule has 2 aromatic rings. The number of hydrogen-bond donors (Lipinski definition) is 1. The van der Waals surface area contributed by atoms with Gasteiger partial charge in [-0.3, -0.25) is 4.79 Å². The third-order valence-electron chi connectivity index (χ3n) is 5.85. The minimum absolute atomic E-state index is 0.0151. The molecule has 160 valence electrons. The molecule has 4 nitrogen and oxygen atoms in total. The number of nitrogens with one attached hydrogen (secondary N) is 1. The maximum Gasteiger partial charge on any atom is 0.336 e. The number of hydrogen-bond acceptors (Lipinski definition) is 4. The summed E-state index contributed by atoms with van der Waals surface area (Å²) in [6.45, 7) is 1.82. The number of Topliss-reactive ketones (excluding diaryl/α,β-unsaturated/α-hetero) is 1. The number of carbonyl (C=O) groups excluding carboxylic acids is 2. The van der Waals surface area contributed by atoms with Gasteiger partial charge in [-0.15, -0.1) is 0 Å². The van der Waals surface area contributed by atoms with Crippen LogP contribution in [0.5, 0.6) is 0 Å². The van der Waals surface area contributed by atoms with E-state index in [4.69, 9.17) is 39.5 Å². The molecule has 1 aliphatic heterocycles. The van der Waals surface area contributed by atoms with Crippen molar-refractivity contribution < 1.29 is 14.3 Å². The van der Waals surface area contributed by atoms with Crippen molar-refractivity contribution in [1.29, 1.82) is 0 Å². The summed E-state index contributed by atoms with van der Waals surface area (Å²) in [6.07, 6.45) is 0.986. The highest BCUT2D eigenvalue weighted by atomic mass is 35.5. The zero-order valence-electron chi connectivity index (χ0n) is 17.0. The summed E-state index contributed by atoms with van der Waals surface area (Å²) >= 11 is 18.4. The lowest BCUT2D eigenvalue weighted by Gasteiger charge is -2.36. The van der Waals surface area contributed by atoms with Crippen molar-refractivity contribution >= 4 is 46.6 Å². The first-order valence-corrected chi connectivity index (χ1v) is 11.0. The highest BCUT2D eigenvalue weighted by Crippen LogP contribution is 2.46. The topological polar surface area (TPSA) is 55.4 Å². The molecule has 0 spiro atoms. The van der Waals surface area contributed by atoms with Crippen molar-refractivity contribution in [3.8, 4) is 0 Å². The third kappa shape index (κ3) is 4.12. The quantitative estimate of drug-likeness (QED) is 0.537. The average molecular weight is 477 g/mol. The predicted octanol–water partition coefficient (Wildman–Crippen LogP) is 6.18. The van der Waals surface area contributed by atoms with Gasteiger partial charge in [0.15, 0.2) is 5.78 Å². The van der Waals surface area contributed by atoms with Crippen LogP contribution in [0.4, 0.5) is 0 Å². The summed E-state index contributed by atoms with van der Waals surface area (Å²) in [4.78, 5) is 26.1. The molecule has 0 saturated carbocycles. The number of carbonyl (C=O) groups is 2. The molecule has 0 radical (unpaired) electrons. The highest BCUT2D eigenvalue weighted by molar-refractivity contribution is 6.42. The van der Waals surface area contributed by atoms with E-state index in [0.29, 0.717) is 44.8 Å². The molecule has 2 atom stereocenters. The van der Waals surface area contributed by atoms with Gasteiger partial charge in [-0.05, 0) is 54.7 Å². The first-order valence-electron chi connectivity index (χ1n) is 9.83. The van der Waals surface area contributed by atoms with E-state index >= 15 is 0 Å². The highest BCUT2D eigenvalue weighted by Gasteiger charge is 2.41. The Morgan fingerprint density at radius 1 is 1.00 bits per heavy atom. The number of halogens is 3. The molecule has 0 unspecified atom stereocenters. The molecule has 0 fully saturated rings. The van der Waals surface area contributed by atoms with Gasteiger partial charge in [0.2, 0.25) is 0 Å². The van der Waals surface area contributed by atoms with Gasteiger partial charge >= 0.3 is 5.97 Å². The number of allylic oxidation sites excluding steroid dienone is 3. The van der Waals surface area contributed by atoms with Crippen molar-refractivity contribution in [2.75, 3.05) is 7.11 Å². The van der Waals surface area contributed by atoms with Crippen LogP contribution in [0.2, 0.25) is 15.1 Å². The van der Waals surface area contributed by atoms with E-state index in [9.17, 15) is 9.59 Å². The van der Waals surface area contributed by atoms with Crippen molar-refractivity contribution in [3.05, 3.63) is 91.2 Å². The number of rotatable bonds is 3. The lowest BCUT2D eigenvalue weighted by Crippen LogP contribution is -2.36. The second-order valence-corrected chi connectivity index (χ2v) is 8.98. The van der Waals surface area contributed by atoms with Crippen LogP contribution in [0.3, 0.4) is 0 Å². The van der Waals surface area contributed by atoms with Crippen molar-refractivity contribution in [1.82, 2.24) is 5.32 Å². The second kappa shape index (κ2) is 8.70. The fraction of sp³-hybridized carbons (Fsp3) is 0.250. The molecular weight excluding hydrogens is 457 g/mol. The summed E-state index contributed by atoms with van der Waals surface area (Å²) in [6, 6.07) is 12.7. The van der Waals surface area contributed by atoms with E-state index in [0.717, 1.165) is 16.8 Å². The van der Waals surface area contributed by atoms with Crippen LogP contribution in [0.15, 0.2) is 65.0 Å². The molecule has 1 heterocycles. The number of benzene rings is 2. The SMILES string of the molecule is COC(=O)C1=C(C)NC2=C(C(=O)C[C@H](c3ccc(Cl)cc3)C2)[C@H]1c1ccc(Cl)c(Cl)c1. The lowest BCUT2D eigenvalue weighted by molar-refractivity contribution is -0.136. The molecule has 4 rings (SSSR count). The molecule has 0 bridgehead atoms. The van der Waals surface area contributed by atoms with E-state index in [1.54, 1.807) is 18.2 Å². The Balaban J connectivity index is 1.81. The Hall–Kier alpha value is -2.27. The van der Waals surface area contributed by atoms with Crippen LogP contribution in [0.25, 0.3) is 0 Å². The molecule has 0 amide bonds. The van der Waals surface area contributed by atoms with Gasteiger partial charge < -0.3 is 10.1 Å². The van der Waals surface area contributed by atoms with E-state index in [2.05, 4.69) is 5.32 Å². The summed E-state index contributed by atoms with van der Waals surface area (Å²) in [5, 5.41) is 4.73. The number of esters is 1. The summed E-state index contributed by atoms with van der Waals surface area (Å²) in [7, 11) is 1.33. The maximum absolute atomic E-state index is 13.4. The first-order chi connectivity index (χ1) is 14.8. The van der Waals surface area contributed by atoms with E-state index in [-0.39, 0.29) is 11.7 Å². The zero-order valence-corrected chi connectivity index (χ0v) is 19.2. The van der Waals surface area contributed by atoms with E-state index in [1.807, 2.05) is 31.2 Å². The van der Waals surface area contributed by atoms with Crippen molar-refractivity contribution in [2.45, 2.75) is 31.6 Å². The van der Waals surface area contributed by atoms with Crippen LogP contribution in [0.1, 0.15) is 42.7 Å². The number of dihydropyridines is 1. The van der Waals surface area contributed by atoms with Crippen LogP contribution >= 0.6 is 34.8 Å². The third-order valence-corrected chi connectivity index (χ3v) is 6.84. The van der Waals surface area contributed by atoms with E-state index < -0.39 is 11.9 Å². The minimum atomic E-state index is -0.572. The summed E-state index contributed by atoms with van der Waals surface area (Å²) < 4.78 is 5.04. The molecular formula is C24H20Cl3NO3. The molecule has 0 saturated heterocycles. The zero-order chi connectivity index (χ0) is 22.3. The molecule has 31 heavy (non-hydrogen) atoms. The van der Waals surface area contributed by atoms with Crippen molar-refractivity contribution in [2.24, 2.45) is 0 Å². The molecule has 7 heteroatoms. The average Bonchev–Trinajstić information content (AvgIpc) is 2.74. The number of methoxy groups -OCH3 is 1. The molecule has 2 aliphatic rings. The second-order valence-electron chi connectivity index (χ2n) is 7.73. The van der Waals surface area contributed by atoms with Crippen LogP contribution in [0, 0.1) is 0 Å². The van der Waals surface area contributed by atoms with Gasteiger partial charge in [0, 0.05) is 34.3 Å². The van der Waals surface area contributed by atoms with Crippen molar-refractivity contribution in [3.63, 3.8) is 0 Å². The number of ether oxygens (including phenoxy) is 1. The smallest absolute Gasteiger partial charge is 0.336 e. The largest absolute Gasteiger partial charge is 0.466 e. The molecule has 2 aromatic carbocycles. The fourth-order valence-corrected chi connectivity index (χ4v) is 4.85. The van der Waals surface area contributed by atoms with Gasteiger partial charge in [0.05, 0.1) is 22.7 Å². The minimum Gasteiger partial charge on any atom is -0.466 e. The van der Waals surface area contributed by atoms with E-state index in [1.165, 1.54) is 7.11 Å². The standard InChI is InChI=1S/C24H20Cl3NO3/c1-12-21(24(30)31-2)22(14-5-8-17(26)18(27)9-14)23-19(28-12)10-15(11-20(23)29)13-3-6-16(25)7-4-13/h3-9,15,22,28H,10-11H2,1-2H3/t15-,22+/m1/s1. The Labute approximate surface area is 195 Å². The molecule has 0 aromatic heterocycles. The normalized spacial score (nSPS) is 21.0. The van der Waals surface area contributed by atoms with Gasteiger partial charge in [-0.1, -0.05) is 53.0 Å². The van der Waals surface area contributed by atoms with Gasteiger partial charge in [0.1, 0.15) is 0 Å². The monoisotopic (exact) mass is 475 g/mol. The first kappa shape index (κ1) is 21.9. The lowest BCUT2D eigenvalue weighted by atomic mass is 9.72. The Morgan fingerprint density at radius 3 is 2.32 bits per heavy atom. The number of ketones is 1. The predicted molar refractivity (Wildman–Crippen MR) is 123 cm³/mol. The summed E-state index contributed by atoms with van der Waals surface area (Å²) in [5.74, 6) is -1.05. The van der Waals surface area contributed by atoms with Crippen LogP contribution < -0.4 is 5.32 Å². The van der Waals surface area contributed by atoms with Gasteiger partial charge in [-0.25, -0.2) is 4.79 Å². The van der Waals surface area contributed by atoms with Gasteiger partial charge in [0.25, 0.3) is 0 Å². The summed E-state index contributed by atoms with van der Waals surface area (Å²) in [5.41, 5.74) is 4.23. The Morgan fingerprint density at radius 2 is 1.68 bits per heavy atom. The maximum atomic E-state index is 13.4. The van der Waals surface area contributed by atoms with Gasteiger partial charge in [-0.2, -0.15) is 0 Å².